The minimum absolute atomic E-state index is 0.0395. The highest BCUT2D eigenvalue weighted by Gasteiger charge is 2.48. The molecule has 6 atom stereocenters. The molecular weight excluding hydrogens is 859 g/mol. The second-order valence-electron chi connectivity index (χ2n) is 20.9. The molecule has 1 fully saturated rings. The molecule has 12 nitrogen and oxygen atoms in total. The number of hydrogen-bond donors (Lipinski definition) is 6. The van der Waals surface area contributed by atoms with E-state index in [9.17, 15) is 34.5 Å². The molecule has 6 N–H and O–H groups in total. The quantitative estimate of drug-likeness (QED) is 0.0323. The summed E-state index contributed by atoms with van der Waals surface area (Å²) in [5.41, 5.74) is 0. The molecular formula is C56H107N3O9. The molecule has 1 saturated heterocycles. The Kier molecular flexibility index (Phi) is 40.8. The van der Waals surface area contributed by atoms with Crippen LogP contribution >= 0.6 is 0 Å². The summed E-state index contributed by atoms with van der Waals surface area (Å²) < 4.78 is 6.27. The highest BCUT2D eigenvalue weighted by atomic mass is 16.5. The van der Waals surface area contributed by atoms with E-state index in [1.165, 1.54) is 148 Å². The Morgan fingerprint density at radius 1 is 0.529 bits per heavy atom. The molecule has 0 saturated carbocycles. The molecule has 3 amide bonds. The summed E-state index contributed by atoms with van der Waals surface area (Å²) in [5.74, 6) is -1.78. The highest BCUT2D eigenvalue weighted by molar-refractivity contribution is 5.88. The van der Waals surface area contributed by atoms with Crippen molar-refractivity contribution in [3.63, 3.8) is 0 Å². The van der Waals surface area contributed by atoms with Crippen LogP contribution < -0.4 is 10.6 Å². The first-order chi connectivity index (χ1) is 33.0. The zero-order valence-electron chi connectivity index (χ0n) is 44.3. The lowest BCUT2D eigenvalue weighted by Crippen LogP contribution is -2.70. The van der Waals surface area contributed by atoms with Gasteiger partial charge >= 0.3 is 5.97 Å². The van der Waals surface area contributed by atoms with E-state index >= 15 is 0 Å². The minimum Gasteiger partial charge on any atom is -0.481 e. The Bertz CT molecular complexity index is 1240. The van der Waals surface area contributed by atoms with Crippen molar-refractivity contribution in [2.45, 2.75) is 315 Å². The predicted octanol–water partition coefficient (Wildman–Crippen LogP) is 12.2. The van der Waals surface area contributed by atoms with Gasteiger partial charge in [-0.15, -0.1) is 0 Å². The van der Waals surface area contributed by atoms with Crippen molar-refractivity contribution in [3.05, 3.63) is 0 Å². The molecule has 12 heteroatoms. The van der Waals surface area contributed by atoms with E-state index in [-0.39, 0.29) is 30.6 Å². The molecule has 1 rings (SSSR count). The lowest BCUT2D eigenvalue weighted by atomic mass is 9.93. The number of nitrogens with zero attached hydrogens (tertiary/aromatic N) is 1. The molecule has 0 unspecified atom stereocenters. The summed E-state index contributed by atoms with van der Waals surface area (Å²) >= 11 is 0. The first-order valence-corrected chi connectivity index (χ1v) is 28.7. The number of aliphatic hydroxyl groups is 3. The maximum absolute atomic E-state index is 14.2. The first kappa shape index (κ1) is 63.7. The van der Waals surface area contributed by atoms with Crippen LogP contribution in [0.2, 0.25) is 0 Å². The lowest BCUT2D eigenvalue weighted by molar-refractivity contribution is -0.231. The Hall–Kier alpha value is -2.28. The number of carboxylic acid groups (broad SMARTS) is 1. The molecule has 68 heavy (non-hydrogen) atoms. The van der Waals surface area contributed by atoms with Gasteiger partial charge in [0, 0.05) is 25.8 Å². The van der Waals surface area contributed by atoms with Gasteiger partial charge in [-0.25, -0.2) is 0 Å². The molecule has 1 aliphatic rings. The van der Waals surface area contributed by atoms with E-state index < -0.39 is 55.1 Å². The number of carbonyl (C=O) groups is 4. The number of carboxylic acids is 1. The van der Waals surface area contributed by atoms with Gasteiger partial charge in [0.15, 0.2) is 6.23 Å². The fourth-order valence-electron chi connectivity index (χ4n) is 9.69. The van der Waals surface area contributed by atoms with Gasteiger partial charge in [0.1, 0.15) is 30.4 Å². The van der Waals surface area contributed by atoms with Crippen LogP contribution in [-0.2, 0) is 23.9 Å². The van der Waals surface area contributed by atoms with Crippen LogP contribution in [0, 0.1) is 5.92 Å². The van der Waals surface area contributed by atoms with Crippen LogP contribution in [0.5, 0.6) is 0 Å². The van der Waals surface area contributed by atoms with Gasteiger partial charge in [-0.2, -0.15) is 0 Å². The van der Waals surface area contributed by atoms with Gasteiger partial charge in [0.05, 0.1) is 6.61 Å². The smallest absolute Gasteiger partial charge is 0.303 e. The van der Waals surface area contributed by atoms with Crippen molar-refractivity contribution in [2.75, 3.05) is 13.2 Å². The normalized spacial score (nSPS) is 18.7. The Morgan fingerprint density at radius 3 is 1.31 bits per heavy atom. The average molecular weight is 966 g/mol. The zero-order valence-corrected chi connectivity index (χ0v) is 44.3. The third-order valence-electron chi connectivity index (χ3n) is 14.0. The second-order valence-corrected chi connectivity index (χ2v) is 20.9. The molecule has 0 spiro atoms. The number of nitrogens with one attached hydrogen (secondary N) is 2. The first-order valence-electron chi connectivity index (χ1n) is 28.7. The van der Waals surface area contributed by atoms with Gasteiger partial charge in [-0.05, 0) is 38.0 Å². The number of aliphatic hydroxyl groups excluding tert-OH is 3. The van der Waals surface area contributed by atoms with Gasteiger partial charge in [-0.1, -0.05) is 227 Å². The standard InChI is InChI=1S/C56H107N3O9/c1-5-7-9-11-13-15-17-19-21-23-25-27-29-31-35-39-43-59(50(62)41-37-32-30-28-26-24-22-20-18-16-14-12-10-8-6-2)56-52(54(66)53(65)48(45-60)68-56)58-55(67)47(44-46(3)4)57-49(61)40-36-33-34-38-42-51(63)64/h46-48,52-54,56,60,65-66H,5-45H2,1-4H3,(H,57,61)(H,58,67)(H,63,64)/t47-,48+,52+,53+,54+,56+/m0/s1. The van der Waals surface area contributed by atoms with Crippen LogP contribution in [0.3, 0.4) is 0 Å². The number of carbonyl (C=O) groups excluding carboxylic acids is 3. The SMILES string of the molecule is CCCCCCCCCCCCCCCCCCN(C(=O)CCCCCCCCCCCCCCCCC)[C@@H]1O[C@H](CO)[C@@H](O)[C@H](O)[C@H]1NC(=O)[C@H](CC(C)C)NC(=O)CCCCCCC(=O)O. The van der Waals surface area contributed by atoms with Crippen LogP contribution in [0.15, 0.2) is 0 Å². The largest absolute Gasteiger partial charge is 0.481 e. The maximum Gasteiger partial charge on any atom is 0.303 e. The summed E-state index contributed by atoms with van der Waals surface area (Å²) in [4.78, 5) is 53.8. The number of aliphatic carboxylic acids is 1. The van der Waals surface area contributed by atoms with Crippen molar-refractivity contribution in [3.8, 4) is 0 Å². The highest BCUT2D eigenvalue weighted by Crippen LogP contribution is 2.27. The summed E-state index contributed by atoms with van der Waals surface area (Å²) in [6.45, 7) is 8.20. The third kappa shape index (κ3) is 32.6. The fraction of sp³-hybridized carbons (Fsp3) is 0.929. The van der Waals surface area contributed by atoms with Crippen molar-refractivity contribution < 1.29 is 44.3 Å². The number of ether oxygens (including phenoxy) is 1. The van der Waals surface area contributed by atoms with Gasteiger partial charge in [-0.3, -0.25) is 19.2 Å². The van der Waals surface area contributed by atoms with Crippen molar-refractivity contribution >= 4 is 23.7 Å². The number of amides is 3. The van der Waals surface area contributed by atoms with E-state index in [0.29, 0.717) is 57.9 Å². The van der Waals surface area contributed by atoms with E-state index in [0.717, 1.165) is 38.5 Å². The summed E-state index contributed by atoms with van der Waals surface area (Å²) in [6.07, 6.45) is 36.1. The topological polar surface area (TPSA) is 186 Å². The molecule has 1 heterocycles. The monoisotopic (exact) mass is 966 g/mol. The average Bonchev–Trinajstić information content (AvgIpc) is 3.31. The summed E-state index contributed by atoms with van der Waals surface area (Å²) in [5, 5.41) is 47.5. The number of rotatable bonds is 47. The van der Waals surface area contributed by atoms with Crippen LogP contribution in [0.1, 0.15) is 278 Å². The molecule has 0 aromatic carbocycles. The van der Waals surface area contributed by atoms with E-state index in [1.54, 1.807) is 4.90 Å². The van der Waals surface area contributed by atoms with Crippen LogP contribution in [-0.4, -0.2) is 98.8 Å². The van der Waals surface area contributed by atoms with E-state index in [4.69, 9.17) is 9.84 Å². The lowest BCUT2D eigenvalue weighted by Gasteiger charge is -2.47. The molecule has 0 aliphatic carbocycles. The Balaban J connectivity index is 2.90. The van der Waals surface area contributed by atoms with E-state index in [2.05, 4.69) is 24.5 Å². The summed E-state index contributed by atoms with van der Waals surface area (Å²) in [6, 6.07) is -2.13. The molecule has 400 valence electrons. The van der Waals surface area contributed by atoms with Gasteiger partial charge in [0.25, 0.3) is 0 Å². The molecule has 0 radical (unpaired) electrons. The number of unbranched alkanes of at least 4 members (excludes halogenated alkanes) is 32. The predicted molar refractivity (Wildman–Crippen MR) is 277 cm³/mol. The third-order valence-corrected chi connectivity index (χ3v) is 14.0. The Morgan fingerprint density at radius 2 is 0.912 bits per heavy atom. The molecule has 1 aliphatic heterocycles. The zero-order chi connectivity index (χ0) is 50.0. The van der Waals surface area contributed by atoms with Crippen LogP contribution in [0.4, 0.5) is 0 Å². The minimum atomic E-state index is -1.54. The van der Waals surface area contributed by atoms with E-state index in [1.807, 2.05) is 13.8 Å². The van der Waals surface area contributed by atoms with Gasteiger partial charge < -0.3 is 40.7 Å². The van der Waals surface area contributed by atoms with Crippen LogP contribution in [0.25, 0.3) is 0 Å². The van der Waals surface area contributed by atoms with Crippen molar-refractivity contribution in [2.24, 2.45) is 5.92 Å². The molecule has 0 bridgehead atoms. The maximum atomic E-state index is 14.2. The fourth-order valence-corrected chi connectivity index (χ4v) is 9.69. The van der Waals surface area contributed by atoms with Crippen molar-refractivity contribution in [1.29, 1.82) is 0 Å². The molecule has 0 aromatic heterocycles. The van der Waals surface area contributed by atoms with Crippen molar-refractivity contribution in [1.82, 2.24) is 15.5 Å². The molecule has 0 aromatic rings. The Labute approximate surface area is 416 Å². The summed E-state index contributed by atoms with van der Waals surface area (Å²) in [7, 11) is 0. The van der Waals surface area contributed by atoms with Gasteiger partial charge in [0.2, 0.25) is 17.7 Å². The number of hydrogen-bond acceptors (Lipinski definition) is 8. The second kappa shape index (κ2) is 43.5.